The molecule has 4 rings (SSSR count). The molecule has 28 heavy (non-hydrogen) atoms. The molecule has 0 N–H and O–H groups in total. The number of ether oxygens (including phenoxy) is 1. The number of benzene rings is 1. The molecule has 3 heterocycles. The van der Waals surface area contributed by atoms with Crippen LogP contribution in [-0.2, 0) is 6.61 Å². The summed E-state index contributed by atoms with van der Waals surface area (Å²) in [4.78, 5) is 33.4. The van der Waals surface area contributed by atoms with Crippen LogP contribution >= 0.6 is 0 Å². The number of rotatable bonds is 5. The van der Waals surface area contributed by atoms with Gasteiger partial charge in [-0.25, -0.2) is 19.9 Å². The second-order valence-electron chi connectivity index (χ2n) is 6.34. The van der Waals surface area contributed by atoms with E-state index >= 15 is 0 Å². The van der Waals surface area contributed by atoms with Gasteiger partial charge in [0.15, 0.2) is 0 Å². The molecule has 0 atom stereocenters. The van der Waals surface area contributed by atoms with E-state index in [0.29, 0.717) is 50.3 Å². The van der Waals surface area contributed by atoms with Crippen molar-refractivity contribution in [3.8, 4) is 5.88 Å². The van der Waals surface area contributed by atoms with Crippen molar-refractivity contribution >= 4 is 11.9 Å². The van der Waals surface area contributed by atoms with Gasteiger partial charge in [-0.2, -0.15) is 0 Å². The summed E-state index contributed by atoms with van der Waals surface area (Å²) >= 11 is 0. The molecule has 0 aliphatic carbocycles. The van der Waals surface area contributed by atoms with Crippen molar-refractivity contribution in [1.29, 1.82) is 0 Å². The zero-order valence-corrected chi connectivity index (χ0v) is 15.3. The van der Waals surface area contributed by atoms with E-state index in [9.17, 15) is 4.79 Å². The Balaban J connectivity index is 1.36. The number of carbonyl (C=O) groups is 1. The summed E-state index contributed by atoms with van der Waals surface area (Å²) < 4.78 is 5.70. The molecular formula is C20H20N6O2. The molecule has 142 valence electrons. The van der Waals surface area contributed by atoms with E-state index in [2.05, 4.69) is 24.8 Å². The quantitative estimate of drug-likeness (QED) is 0.671. The molecule has 1 aliphatic heterocycles. The second kappa shape index (κ2) is 8.43. The standard InChI is InChI=1S/C20H20N6O2/c27-19(25-9-11-26(12-10-25)20-21-7-4-8-22-20)17-13-18(24-15-23-17)28-14-16-5-2-1-3-6-16/h1-8,13,15H,9-12,14H2. The molecule has 0 unspecified atom stereocenters. The summed E-state index contributed by atoms with van der Waals surface area (Å²) in [5.41, 5.74) is 1.37. The van der Waals surface area contributed by atoms with Crippen molar-refractivity contribution in [1.82, 2.24) is 24.8 Å². The molecule has 0 spiro atoms. The van der Waals surface area contributed by atoms with Crippen LogP contribution in [0.1, 0.15) is 16.1 Å². The van der Waals surface area contributed by atoms with Crippen LogP contribution in [0.5, 0.6) is 5.88 Å². The van der Waals surface area contributed by atoms with E-state index < -0.39 is 0 Å². The third kappa shape index (κ3) is 4.22. The van der Waals surface area contributed by atoms with E-state index in [-0.39, 0.29) is 5.91 Å². The van der Waals surface area contributed by atoms with E-state index in [1.165, 1.54) is 6.33 Å². The first-order valence-corrected chi connectivity index (χ1v) is 9.09. The Hall–Kier alpha value is -3.55. The highest BCUT2D eigenvalue weighted by Crippen LogP contribution is 2.14. The summed E-state index contributed by atoms with van der Waals surface area (Å²) in [6, 6.07) is 13.2. The van der Waals surface area contributed by atoms with Crippen LogP contribution in [-0.4, -0.2) is 56.9 Å². The van der Waals surface area contributed by atoms with Crippen LogP contribution in [0.2, 0.25) is 0 Å². The molecule has 1 aliphatic rings. The maximum Gasteiger partial charge on any atom is 0.272 e. The van der Waals surface area contributed by atoms with Crippen molar-refractivity contribution in [3.63, 3.8) is 0 Å². The minimum absolute atomic E-state index is 0.124. The van der Waals surface area contributed by atoms with Crippen molar-refractivity contribution < 1.29 is 9.53 Å². The lowest BCUT2D eigenvalue weighted by atomic mass is 10.2. The lowest BCUT2D eigenvalue weighted by Crippen LogP contribution is -2.49. The average Bonchev–Trinajstić information content (AvgIpc) is 2.79. The number of aromatic nitrogens is 4. The van der Waals surface area contributed by atoms with Crippen LogP contribution in [0.3, 0.4) is 0 Å². The summed E-state index contributed by atoms with van der Waals surface area (Å²) in [6.45, 7) is 2.92. The lowest BCUT2D eigenvalue weighted by molar-refractivity contribution is 0.0739. The van der Waals surface area contributed by atoms with Crippen molar-refractivity contribution in [3.05, 3.63) is 72.4 Å². The first-order valence-electron chi connectivity index (χ1n) is 9.09. The van der Waals surface area contributed by atoms with Gasteiger partial charge in [0.2, 0.25) is 11.8 Å². The Kier molecular flexibility index (Phi) is 5.37. The Bertz CT molecular complexity index is 914. The maximum atomic E-state index is 12.8. The highest BCUT2D eigenvalue weighted by Gasteiger charge is 2.24. The molecule has 0 bridgehead atoms. The number of anilines is 1. The molecular weight excluding hydrogens is 356 g/mol. The van der Waals surface area contributed by atoms with Crippen LogP contribution in [0.15, 0.2) is 61.2 Å². The highest BCUT2D eigenvalue weighted by molar-refractivity contribution is 5.92. The predicted octanol–water partition coefficient (Wildman–Crippen LogP) is 1.81. The van der Waals surface area contributed by atoms with E-state index in [1.807, 2.05) is 30.3 Å². The van der Waals surface area contributed by atoms with Crippen molar-refractivity contribution in [2.45, 2.75) is 6.61 Å². The average molecular weight is 376 g/mol. The Labute approximate surface area is 162 Å². The monoisotopic (exact) mass is 376 g/mol. The Morgan fingerprint density at radius 1 is 0.929 bits per heavy atom. The maximum absolute atomic E-state index is 12.8. The number of amides is 1. The molecule has 8 nitrogen and oxygen atoms in total. The first-order chi connectivity index (χ1) is 13.8. The highest BCUT2D eigenvalue weighted by atomic mass is 16.5. The van der Waals surface area contributed by atoms with Gasteiger partial charge >= 0.3 is 0 Å². The van der Waals surface area contributed by atoms with Gasteiger partial charge in [-0.15, -0.1) is 0 Å². The zero-order valence-electron chi connectivity index (χ0n) is 15.3. The van der Waals surface area contributed by atoms with E-state index in [4.69, 9.17) is 4.74 Å². The molecule has 1 saturated heterocycles. The number of carbonyl (C=O) groups excluding carboxylic acids is 1. The fraction of sp³-hybridized carbons (Fsp3) is 0.250. The SMILES string of the molecule is O=C(c1cc(OCc2ccccc2)ncn1)N1CCN(c2ncccn2)CC1. The lowest BCUT2D eigenvalue weighted by Gasteiger charge is -2.34. The van der Waals surface area contributed by atoms with Gasteiger partial charge in [0.05, 0.1) is 0 Å². The van der Waals surface area contributed by atoms with Gasteiger partial charge in [-0.05, 0) is 11.6 Å². The van der Waals surface area contributed by atoms with Gasteiger partial charge in [-0.3, -0.25) is 4.79 Å². The van der Waals surface area contributed by atoms with Crippen LogP contribution in [0.4, 0.5) is 5.95 Å². The minimum atomic E-state index is -0.124. The van der Waals surface area contributed by atoms with Gasteiger partial charge in [0.1, 0.15) is 18.6 Å². The van der Waals surface area contributed by atoms with Gasteiger partial charge in [0, 0.05) is 44.6 Å². The molecule has 1 fully saturated rings. The van der Waals surface area contributed by atoms with E-state index in [1.54, 1.807) is 29.4 Å². The van der Waals surface area contributed by atoms with Crippen molar-refractivity contribution in [2.24, 2.45) is 0 Å². The summed E-state index contributed by atoms with van der Waals surface area (Å²) in [5.74, 6) is 0.951. The fourth-order valence-electron chi connectivity index (χ4n) is 2.99. The third-order valence-corrected chi connectivity index (χ3v) is 4.49. The topological polar surface area (TPSA) is 84.3 Å². The molecule has 1 aromatic carbocycles. The first kappa shape index (κ1) is 17.8. The molecule has 0 radical (unpaired) electrons. The largest absolute Gasteiger partial charge is 0.473 e. The fourth-order valence-corrected chi connectivity index (χ4v) is 2.99. The Morgan fingerprint density at radius 2 is 1.68 bits per heavy atom. The molecule has 0 saturated carbocycles. The zero-order chi connectivity index (χ0) is 19.2. The smallest absolute Gasteiger partial charge is 0.272 e. The molecule has 2 aromatic heterocycles. The number of piperazine rings is 1. The minimum Gasteiger partial charge on any atom is -0.473 e. The van der Waals surface area contributed by atoms with Crippen LogP contribution in [0, 0.1) is 0 Å². The van der Waals surface area contributed by atoms with Crippen LogP contribution < -0.4 is 9.64 Å². The summed E-state index contributed by atoms with van der Waals surface area (Å²) in [5, 5.41) is 0. The normalized spacial score (nSPS) is 14.0. The summed E-state index contributed by atoms with van der Waals surface area (Å²) in [6.07, 6.45) is 4.80. The van der Waals surface area contributed by atoms with Gasteiger partial charge in [-0.1, -0.05) is 30.3 Å². The summed E-state index contributed by atoms with van der Waals surface area (Å²) in [7, 11) is 0. The number of hydrogen-bond acceptors (Lipinski definition) is 7. The van der Waals surface area contributed by atoms with Gasteiger partial charge in [0.25, 0.3) is 5.91 Å². The van der Waals surface area contributed by atoms with Gasteiger partial charge < -0.3 is 14.5 Å². The number of nitrogens with zero attached hydrogens (tertiary/aromatic N) is 6. The Morgan fingerprint density at radius 3 is 2.43 bits per heavy atom. The third-order valence-electron chi connectivity index (χ3n) is 4.49. The van der Waals surface area contributed by atoms with E-state index in [0.717, 1.165) is 5.56 Å². The molecule has 8 heteroatoms. The molecule has 1 amide bonds. The molecule has 3 aromatic rings. The second-order valence-corrected chi connectivity index (χ2v) is 6.34. The number of hydrogen-bond donors (Lipinski definition) is 0. The van der Waals surface area contributed by atoms with Crippen molar-refractivity contribution in [2.75, 3.05) is 31.1 Å². The predicted molar refractivity (Wildman–Crippen MR) is 103 cm³/mol. The van der Waals surface area contributed by atoms with Crippen LogP contribution in [0.25, 0.3) is 0 Å².